The minimum atomic E-state index is -0.180. The van der Waals surface area contributed by atoms with Gasteiger partial charge < -0.3 is 18.9 Å². The molecule has 65 heavy (non-hydrogen) atoms. The van der Waals surface area contributed by atoms with Crippen molar-refractivity contribution < 1.29 is 0 Å². The lowest BCUT2D eigenvalue weighted by Crippen LogP contribution is -2.27. The fraction of sp³-hybridized carbons (Fsp3) is 0.0820. The predicted molar refractivity (Wildman–Crippen MR) is 276 cm³/mol. The molecule has 1 unspecified atom stereocenters. The molecule has 1 atom stereocenters. The minimum Gasteiger partial charge on any atom is -0.331 e. The fourth-order valence-corrected chi connectivity index (χ4v) is 10.3. The molecule has 0 aliphatic heterocycles. The van der Waals surface area contributed by atoms with Gasteiger partial charge in [0.05, 0.1) is 22.1 Å². The zero-order valence-corrected chi connectivity index (χ0v) is 36.4. The van der Waals surface area contributed by atoms with Gasteiger partial charge in [-0.15, -0.1) is 0 Å². The average molecular weight is 837 g/mol. The largest absolute Gasteiger partial charge is 0.331 e. The molecule has 312 valence electrons. The van der Waals surface area contributed by atoms with E-state index in [0.29, 0.717) is 0 Å². The van der Waals surface area contributed by atoms with Crippen molar-refractivity contribution in [3.05, 3.63) is 237 Å². The number of fused-ring (bicyclic) bond motifs is 6. The Bertz CT molecular complexity index is 3510. The normalized spacial score (nSPS) is 15.9. The van der Waals surface area contributed by atoms with Gasteiger partial charge in [-0.2, -0.15) is 0 Å². The second kappa shape index (κ2) is 15.9. The smallest absolute Gasteiger partial charge is 0.0643 e. The van der Waals surface area contributed by atoms with Gasteiger partial charge >= 0.3 is 0 Å². The van der Waals surface area contributed by atoms with Gasteiger partial charge in [-0.05, 0) is 128 Å². The predicted octanol–water partition coefficient (Wildman–Crippen LogP) is 16.9. The first-order valence-corrected chi connectivity index (χ1v) is 22.8. The number of aromatic nitrogens is 2. The Morgan fingerprint density at radius 2 is 0.908 bits per heavy atom. The molecule has 8 aromatic carbocycles. The van der Waals surface area contributed by atoms with Crippen LogP contribution in [0.3, 0.4) is 0 Å². The maximum absolute atomic E-state index is 2.54. The topological polar surface area (TPSA) is 16.3 Å². The highest BCUT2D eigenvalue weighted by Gasteiger charge is 2.28. The average Bonchev–Trinajstić information content (AvgIpc) is 3.89. The van der Waals surface area contributed by atoms with Gasteiger partial charge in [-0.3, -0.25) is 0 Å². The highest BCUT2D eigenvalue weighted by atomic mass is 15.2. The molecule has 0 fully saturated rings. The van der Waals surface area contributed by atoms with E-state index >= 15 is 0 Å². The van der Waals surface area contributed by atoms with E-state index in [0.717, 1.165) is 53.4 Å². The summed E-state index contributed by atoms with van der Waals surface area (Å²) in [4.78, 5) is 4.75. The van der Waals surface area contributed by atoms with Gasteiger partial charge in [0.25, 0.3) is 0 Å². The van der Waals surface area contributed by atoms with Gasteiger partial charge in [0.15, 0.2) is 0 Å². The van der Waals surface area contributed by atoms with E-state index in [-0.39, 0.29) is 5.54 Å². The summed E-state index contributed by atoms with van der Waals surface area (Å²) in [6.07, 6.45) is 19.0. The number of nitrogens with zero attached hydrogens (tertiary/aromatic N) is 4. The van der Waals surface area contributed by atoms with Gasteiger partial charge in [-0.25, -0.2) is 0 Å². The lowest BCUT2D eigenvalue weighted by Gasteiger charge is -2.31. The van der Waals surface area contributed by atoms with E-state index in [4.69, 9.17) is 0 Å². The summed E-state index contributed by atoms with van der Waals surface area (Å²) < 4.78 is 4.98. The highest BCUT2D eigenvalue weighted by Crippen LogP contribution is 2.44. The molecular formula is C61H48N4. The van der Waals surface area contributed by atoms with Crippen LogP contribution >= 0.6 is 0 Å². The molecule has 10 aromatic rings. The summed E-state index contributed by atoms with van der Waals surface area (Å²) in [6, 6.07) is 71.0. The van der Waals surface area contributed by atoms with Crippen molar-refractivity contribution in [2.45, 2.75) is 31.7 Å². The molecule has 4 heteroatoms. The van der Waals surface area contributed by atoms with Crippen LogP contribution in [-0.2, 0) is 5.54 Å². The van der Waals surface area contributed by atoms with Gasteiger partial charge in [0, 0.05) is 66.9 Å². The Hall–Kier alpha value is -8.08. The minimum absolute atomic E-state index is 0.180. The van der Waals surface area contributed by atoms with Crippen molar-refractivity contribution >= 4 is 83.4 Å². The molecule has 0 radical (unpaired) electrons. The van der Waals surface area contributed by atoms with Gasteiger partial charge in [0.2, 0.25) is 0 Å². The van der Waals surface area contributed by atoms with E-state index in [1.807, 2.05) is 0 Å². The molecule has 12 rings (SSSR count). The lowest BCUT2D eigenvalue weighted by atomic mass is 9.92. The highest BCUT2D eigenvalue weighted by molar-refractivity contribution is 6.12. The molecule has 2 aromatic heterocycles. The summed E-state index contributed by atoms with van der Waals surface area (Å²) in [7, 11) is 0. The van der Waals surface area contributed by atoms with Crippen molar-refractivity contribution in [3.63, 3.8) is 0 Å². The number of hydrogen-bond acceptors (Lipinski definition) is 2. The van der Waals surface area contributed by atoms with E-state index in [9.17, 15) is 0 Å². The molecule has 2 aliphatic rings. The Labute approximate surface area is 380 Å². The zero-order chi connectivity index (χ0) is 43.3. The number of rotatable bonds is 9. The van der Waals surface area contributed by atoms with Crippen LogP contribution in [0.25, 0.3) is 60.4 Å². The maximum atomic E-state index is 2.54. The molecule has 0 amide bonds. The Morgan fingerprint density at radius 1 is 0.415 bits per heavy atom. The lowest BCUT2D eigenvalue weighted by molar-refractivity contribution is 0.437. The number of anilines is 6. The number of para-hydroxylation sites is 4. The zero-order valence-electron chi connectivity index (χ0n) is 36.4. The van der Waals surface area contributed by atoms with Crippen molar-refractivity contribution in [3.8, 4) is 11.1 Å². The Morgan fingerprint density at radius 3 is 1.48 bits per heavy atom. The molecule has 2 heterocycles. The third kappa shape index (κ3) is 6.69. The second-order valence-corrected chi connectivity index (χ2v) is 17.5. The van der Waals surface area contributed by atoms with Crippen LogP contribution in [0.15, 0.2) is 237 Å². The first-order chi connectivity index (χ1) is 32.1. The van der Waals surface area contributed by atoms with Crippen molar-refractivity contribution in [1.82, 2.24) is 9.13 Å². The number of allylic oxidation sites excluding steroid dienone is 8. The quantitative estimate of drug-likeness (QED) is 0.144. The van der Waals surface area contributed by atoms with Gasteiger partial charge in [-0.1, -0.05) is 146 Å². The maximum Gasteiger partial charge on any atom is 0.0643 e. The summed E-state index contributed by atoms with van der Waals surface area (Å²) >= 11 is 0. The van der Waals surface area contributed by atoms with Crippen LogP contribution in [0.2, 0.25) is 0 Å². The Balaban J connectivity index is 0.910. The van der Waals surface area contributed by atoms with Gasteiger partial charge in [0.1, 0.15) is 0 Å². The third-order valence-corrected chi connectivity index (χ3v) is 13.4. The van der Waals surface area contributed by atoms with Crippen molar-refractivity contribution in [2.75, 3.05) is 9.80 Å². The summed E-state index contributed by atoms with van der Waals surface area (Å²) in [5.41, 5.74) is 15.0. The first-order valence-electron chi connectivity index (χ1n) is 22.8. The van der Waals surface area contributed by atoms with Crippen molar-refractivity contribution in [1.29, 1.82) is 0 Å². The Kier molecular flexibility index (Phi) is 9.45. The van der Waals surface area contributed by atoms with Crippen LogP contribution < -0.4 is 9.80 Å². The van der Waals surface area contributed by atoms with Crippen LogP contribution in [0.1, 0.15) is 26.2 Å². The van der Waals surface area contributed by atoms with Crippen LogP contribution in [0.5, 0.6) is 0 Å². The number of hydrogen-bond donors (Lipinski definition) is 0. The molecule has 2 aliphatic carbocycles. The molecular weight excluding hydrogens is 789 g/mol. The fourth-order valence-electron chi connectivity index (χ4n) is 10.3. The van der Waals surface area contributed by atoms with Crippen LogP contribution in [0.4, 0.5) is 34.1 Å². The van der Waals surface area contributed by atoms with Crippen molar-refractivity contribution in [2.24, 2.45) is 0 Å². The van der Waals surface area contributed by atoms with Crippen LogP contribution in [-0.4, -0.2) is 9.13 Å². The SMILES string of the molecule is CC1(n2c3ccccc3c3ccc(N(c4ccccc4)c4ccc(-c5ccc(N(c6ccccc6)c6ccc7c8ccccc8n(C8=CCCC=C8)c7c6)cc5)cc4)cc32)C=CC=CC1. The monoisotopic (exact) mass is 836 g/mol. The summed E-state index contributed by atoms with van der Waals surface area (Å²) in [5, 5.41) is 5.08. The molecule has 0 spiro atoms. The van der Waals surface area contributed by atoms with E-state index < -0.39 is 0 Å². The molecule has 0 bridgehead atoms. The van der Waals surface area contributed by atoms with E-state index in [1.165, 1.54) is 60.4 Å². The molecule has 4 nitrogen and oxygen atoms in total. The standard InChI is InChI=1S/C61H48N4/c1-61(40-16-5-17-41-61)65-58-27-15-13-25-54(58)56-39-37-52(43-60(56)65)63(47-20-8-3-9-21-47)50-34-30-45(31-35-50)44-28-32-49(33-29-44)62(46-18-6-2-7-19-46)51-36-38-55-53-24-12-14-26-57(53)64(59(55)42-51)48-22-10-4-11-23-48/h2-3,5-10,12-40,42-43H,4,11,41H2,1H3. The summed E-state index contributed by atoms with van der Waals surface area (Å²) in [5.74, 6) is 0. The third-order valence-electron chi connectivity index (χ3n) is 13.4. The van der Waals surface area contributed by atoms with E-state index in [1.54, 1.807) is 0 Å². The first kappa shape index (κ1) is 38.6. The molecule has 0 N–H and O–H groups in total. The molecule has 0 saturated heterocycles. The van der Waals surface area contributed by atoms with Crippen LogP contribution in [0, 0.1) is 0 Å². The molecule has 0 saturated carbocycles. The summed E-state index contributed by atoms with van der Waals surface area (Å²) in [6.45, 7) is 2.35. The number of benzene rings is 8. The second-order valence-electron chi connectivity index (χ2n) is 17.5. The van der Waals surface area contributed by atoms with E-state index in [2.05, 4.69) is 263 Å².